The lowest BCUT2D eigenvalue weighted by Gasteiger charge is -2.06. The lowest BCUT2D eigenvalue weighted by atomic mass is 10.1. The van der Waals surface area contributed by atoms with Gasteiger partial charge in [0.1, 0.15) is 5.69 Å². The highest BCUT2D eigenvalue weighted by molar-refractivity contribution is 5.95. The summed E-state index contributed by atoms with van der Waals surface area (Å²) in [5, 5.41) is 0. The summed E-state index contributed by atoms with van der Waals surface area (Å²) < 4.78 is 0. The molecule has 4 aromatic rings. The molecular weight excluding hydrogens is 336 g/mol. The number of nitrogens with zero attached hydrogens (tertiary/aromatic N) is 4. The van der Waals surface area contributed by atoms with E-state index in [9.17, 15) is 4.79 Å². The largest absolute Gasteiger partial charge is 0.292 e. The van der Waals surface area contributed by atoms with Crippen LogP contribution < -0.4 is 0 Å². The Kier molecular flexibility index (Phi) is 4.74. The van der Waals surface area contributed by atoms with Gasteiger partial charge in [-0.15, -0.1) is 0 Å². The third-order valence-electron chi connectivity index (χ3n) is 4.04. The van der Waals surface area contributed by atoms with Gasteiger partial charge in [0.2, 0.25) is 0 Å². The van der Waals surface area contributed by atoms with E-state index in [1.807, 2.05) is 66.7 Å². The minimum atomic E-state index is -0.0727. The molecule has 5 nitrogen and oxygen atoms in total. The van der Waals surface area contributed by atoms with Gasteiger partial charge >= 0.3 is 0 Å². The van der Waals surface area contributed by atoms with Crippen molar-refractivity contribution in [1.82, 2.24) is 19.9 Å². The molecule has 4 aromatic heterocycles. The predicted molar refractivity (Wildman–Crippen MR) is 103 cm³/mol. The number of Topliss-reactive ketones (excluding diaryl/α,β-unsaturated/α-hetero) is 1. The fourth-order valence-electron chi connectivity index (χ4n) is 2.72. The van der Waals surface area contributed by atoms with Gasteiger partial charge in [-0.1, -0.05) is 24.3 Å². The molecule has 0 fully saturated rings. The van der Waals surface area contributed by atoms with Gasteiger partial charge in [0, 0.05) is 18.1 Å². The maximum atomic E-state index is 12.6. The zero-order valence-corrected chi connectivity index (χ0v) is 14.5. The van der Waals surface area contributed by atoms with Crippen molar-refractivity contribution in [2.75, 3.05) is 0 Å². The van der Waals surface area contributed by atoms with Gasteiger partial charge in [-0.3, -0.25) is 14.8 Å². The molecule has 0 saturated heterocycles. The molecule has 0 spiro atoms. The number of rotatable bonds is 5. The summed E-state index contributed by atoms with van der Waals surface area (Å²) in [5.74, 6) is -0.0727. The van der Waals surface area contributed by atoms with E-state index in [1.165, 1.54) is 0 Å². The van der Waals surface area contributed by atoms with Crippen molar-refractivity contribution in [3.05, 3.63) is 96.6 Å². The minimum absolute atomic E-state index is 0.0727. The lowest BCUT2D eigenvalue weighted by molar-refractivity contribution is 0.0987. The highest BCUT2D eigenvalue weighted by Gasteiger charge is 2.12. The van der Waals surface area contributed by atoms with Crippen LogP contribution in [0.1, 0.15) is 16.2 Å². The first-order valence-electron chi connectivity index (χ1n) is 8.58. The summed E-state index contributed by atoms with van der Waals surface area (Å²) in [4.78, 5) is 30.3. The quantitative estimate of drug-likeness (QED) is 0.507. The van der Waals surface area contributed by atoms with Crippen molar-refractivity contribution in [3.8, 4) is 22.8 Å². The van der Waals surface area contributed by atoms with Crippen LogP contribution in [0.15, 0.2) is 85.2 Å². The molecule has 4 heterocycles. The molecule has 0 aliphatic carbocycles. The van der Waals surface area contributed by atoms with Crippen LogP contribution in [-0.4, -0.2) is 25.7 Å². The van der Waals surface area contributed by atoms with E-state index < -0.39 is 0 Å². The molecule has 4 rings (SSSR count). The molecule has 0 atom stereocenters. The van der Waals surface area contributed by atoms with E-state index in [-0.39, 0.29) is 12.2 Å². The van der Waals surface area contributed by atoms with E-state index >= 15 is 0 Å². The number of carbonyl (C=O) groups is 1. The van der Waals surface area contributed by atoms with Crippen molar-refractivity contribution in [1.29, 1.82) is 0 Å². The minimum Gasteiger partial charge on any atom is -0.292 e. The highest BCUT2D eigenvalue weighted by Crippen LogP contribution is 2.20. The van der Waals surface area contributed by atoms with E-state index in [0.29, 0.717) is 17.1 Å². The van der Waals surface area contributed by atoms with Crippen LogP contribution in [0.2, 0.25) is 0 Å². The Morgan fingerprint density at radius 2 is 1.26 bits per heavy atom. The Balaban J connectivity index is 1.62. The van der Waals surface area contributed by atoms with E-state index in [0.717, 1.165) is 17.1 Å². The molecule has 0 saturated carbocycles. The van der Waals surface area contributed by atoms with Crippen LogP contribution in [0.25, 0.3) is 22.8 Å². The Labute approximate surface area is 156 Å². The Morgan fingerprint density at radius 3 is 1.96 bits per heavy atom. The fraction of sp³-hybridized carbons (Fsp3) is 0.0455. The summed E-state index contributed by atoms with van der Waals surface area (Å²) in [7, 11) is 0. The first kappa shape index (κ1) is 16.7. The van der Waals surface area contributed by atoms with Gasteiger partial charge in [-0.05, 0) is 48.5 Å². The summed E-state index contributed by atoms with van der Waals surface area (Å²) in [6, 6.07) is 22.3. The molecular formula is C22H16N4O. The maximum absolute atomic E-state index is 12.6. The van der Waals surface area contributed by atoms with Gasteiger partial charge in [0.15, 0.2) is 5.78 Å². The second kappa shape index (κ2) is 7.66. The van der Waals surface area contributed by atoms with Gasteiger partial charge in [-0.2, -0.15) is 0 Å². The normalized spacial score (nSPS) is 10.5. The molecule has 5 heteroatoms. The summed E-state index contributed by atoms with van der Waals surface area (Å²) in [5.41, 5.74) is 4.04. The van der Waals surface area contributed by atoms with Gasteiger partial charge in [-0.25, -0.2) is 9.97 Å². The number of hydrogen-bond donors (Lipinski definition) is 0. The van der Waals surface area contributed by atoms with Crippen LogP contribution in [0.4, 0.5) is 0 Å². The third-order valence-corrected chi connectivity index (χ3v) is 4.04. The number of carbonyl (C=O) groups excluding carboxylic acids is 1. The molecule has 27 heavy (non-hydrogen) atoms. The molecule has 0 bridgehead atoms. The molecule has 0 aromatic carbocycles. The van der Waals surface area contributed by atoms with Gasteiger partial charge in [0.05, 0.1) is 29.2 Å². The number of ketones is 1. The standard InChI is InChI=1S/C22H16N4O/c27-22(15-16-7-1-3-13-23-16)21-12-6-11-20(26-21)19-10-5-9-18(25-19)17-8-2-4-14-24-17/h1-14H,15H2. The van der Waals surface area contributed by atoms with E-state index in [2.05, 4.69) is 19.9 Å². The van der Waals surface area contributed by atoms with Crippen molar-refractivity contribution < 1.29 is 4.79 Å². The predicted octanol–water partition coefficient (Wildman–Crippen LogP) is 4.03. The summed E-state index contributed by atoms with van der Waals surface area (Å²) in [6.45, 7) is 0. The average Bonchev–Trinajstić information content (AvgIpc) is 2.75. The molecule has 0 unspecified atom stereocenters. The first-order valence-corrected chi connectivity index (χ1v) is 8.58. The number of aromatic nitrogens is 4. The van der Waals surface area contributed by atoms with Crippen LogP contribution >= 0.6 is 0 Å². The monoisotopic (exact) mass is 352 g/mol. The van der Waals surface area contributed by atoms with Crippen molar-refractivity contribution in [3.63, 3.8) is 0 Å². The molecule has 0 aliphatic rings. The molecule has 0 aliphatic heterocycles. The topological polar surface area (TPSA) is 68.6 Å². The van der Waals surface area contributed by atoms with E-state index in [4.69, 9.17) is 0 Å². The Hall–Kier alpha value is -3.73. The zero-order valence-electron chi connectivity index (χ0n) is 14.5. The van der Waals surface area contributed by atoms with Crippen LogP contribution in [0.3, 0.4) is 0 Å². The van der Waals surface area contributed by atoms with Crippen LogP contribution in [0, 0.1) is 0 Å². The SMILES string of the molecule is O=C(Cc1ccccn1)c1cccc(-c2cccc(-c3ccccn3)n2)n1. The summed E-state index contributed by atoms with van der Waals surface area (Å²) in [6.07, 6.45) is 3.64. The fourth-order valence-corrected chi connectivity index (χ4v) is 2.72. The molecule has 0 radical (unpaired) electrons. The molecule has 0 amide bonds. The van der Waals surface area contributed by atoms with Crippen molar-refractivity contribution in [2.45, 2.75) is 6.42 Å². The Bertz CT molecular complexity index is 1070. The number of hydrogen-bond acceptors (Lipinski definition) is 5. The average molecular weight is 352 g/mol. The van der Waals surface area contributed by atoms with E-state index in [1.54, 1.807) is 18.5 Å². The van der Waals surface area contributed by atoms with Crippen LogP contribution in [0.5, 0.6) is 0 Å². The van der Waals surface area contributed by atoms with Crippen molar-refractivity contribution >= 4 is 5.78 Å². The van der Waals surface area contributed by atoms with Crippen molar-refractivity contribution in [2.24, 2.45) is 0 Å². The second-order valence-electron chi connectivity index (χ2n) is 5.95. The number of pyridine rings is 4. The maximum Gasteiger partial charge on any atom is 0.187 e. The third kappa shape index (κ3) is 3.93. The smallest absolute Gasteiger partial charge is 0.187 e. The summed E-state index contributed by atoms with van der Waals surface area (Å²) >= 11 is 0. The Morgan fingerprint density at radius 1 is 0.630 bits per heavy atom. The molecule has 130 valence electrons. The van der Waals surface area contributed by atoms with Crippen LogP contribution in [-0.2, 0) is 6.42 Å². The first-order chi connectivity index (χ1) is 13.3. The van der Waals surface area contributed by atoms with Gasteiger partial charge in [0.25, 0.3) is 0 Å². The highest BCUT2D eigenvalue weighted by atomic mass is 16.1. The van der Waals surface area contributed by atoms with Gasteiger partial charge < -0.3 is 0 Å². The molecule has 0 N–H and O–H groups in total. The zero-order chi connectivity index (χ0) is 18.5. The second-order valence-corrected chi connectivity index (χ2v) is 5.95. The lowest BCUT2D eigenvalue weighted by Crippen LogP contribution is -2.07.